The van der Waals surface area contributed by atoms with Gasteiger partial charge in [0, 0.05) is 24.9 Å². The molecule has 0 fully saturated rings. The number of methoxy groups -OCH3 is 1. The van der Waals surface area contributed by atoms with Crippen LogP contribution in [0, 0.1) is 6.92 Å². The second kappa shape index (κ2) is 6.81. The van der Waals surface area contributed by atoms with Crippen LogP contribution >= 0.6 is 0 Å². The minimum absolute atomic E-state index is 0.234. The number of carbonyl (C=O) groups is 1. The molecule has 1 aromatic carbocycles. The molecule has 0 radical (unpaired) electrons. The van der Waals surface area contributed by atoms with Gasteiger partial charge in [-0.3, -0.25) is 0 Å². The zero-order valence-electron chi connectivity index (χ0n) is 12.0. The summed E-state index contributed by atoms with van der Waals surface area (Å²) in [5, 5.41) is 12.1. The highest BCUT2D eigenvalue weighted by molar-refractivity contribution is 5.89. The summed E-state index contributed by atoms with van der Waals surface area (Å²) < 4.78 is 4.97. The second-order valence-electron chi connectivity index (χ2n) is 4.52. The molecule has 0 amide bonds. The van der Waals surface area contributed by atoms with Crippen molar-refractivity contribution in [1.29, 1.82) is 0 Å². The fourth-order valence-electron chi connectivity index (χ4n) is 1.87. The molecule has 0 saturated carbocycles. The van der Waals surface area contributed by atoms with E-state index in [-0.39, 0.29) is 5.56 Å². The first-order valence-corrected chi connectivity index (χ1v) is 6.52. The first-order valence-electron chi connectivity index (χ1n) is 6.52. The molecule has 1 heterocycles. The number of nitrogens with zero attached hydrogens (tertiary/aromatic N) is 2. The van der Waals surface area contributed by atoms with Crippen LogP contribution < -0.4 is 5.32 Å². The number of aromatic nitrogens is 2. The van der Waals surface area contributed by atoms with Crippen molar-refractivity contribution >= 4 is 11.9 Å². The summed E-state index contributed by atoms with van der Waals surface area (Å²) in [6.45, 7) is 3.03. The Labute approximate surface area is 122 Å². The number of aryl methyl sites for hydroxylation is 1. The molecule has 2 aromatic rings. The van der Waals surface area contributed by atoms with Crippen LogP contribution in [0.1, 0.15) is 16.1 Å². The monoisotopic (exact) mass is 287 g/mol. The summed E-state index contributed by atoms with van der Waals surface area (Å²) in [7, 11) is 1.63. The van der Waals surface area contributed by atoms with Gasteiger partial charge in [0.15, 0.2) is 0 Å². The number of anilines is 1. The maximum Gasteiger partial charge on any atom is 0.335 e. The van der Waals surface area contributed by atoms with E-state index in [9.17, 15) is 4.79 Å². The molecule has 6 heteroatoms. The van der Waals surface area contributed by atoms with Crippen LogP contribution in [0.4, 0.5) is 5.95 Å². The Bertz CT molecular complexity index is 644. The molecule has 2 N–H and O–H groups in total. The predicted molar refractivity (Wildman–Crippen MR) is 79.5 cm³/mol. The lowest BCUT2D eigenvalue weighted by Gasteiger charge is -2.08. The quantitative estimate of drug-likeness (QED) is 0.792. The van der Waals surface area contributed by atoms with Crippen LogP contribution in [0.5, 0.6) is 0 Å². The predicted octanol–water partition coefficient (Wildman–Crippen LogP) is 2.21. The van der Waals surface area contributed by atoms with E-state index in [2.05, 4.69) is 15.3 Å². The minimum atomic E-state index is -0.957. The first kappa shape index (κ1) is 14.9. The number of rotatable bonds is 6. The van der Waals surface area contributed by atoms with Crippen molar-refractivity contribution in [3.63, 3.8) is 0 Å². The van der Waals surface area contributed by atoms with E-state index in [1.165, 1.54) is 0 Å². The summed E-state index contributed by atoms with van der Waals surface area (Å²) in [4.78, 5) is 19.7. The topological polar surface area (TPSA) is 84.3 Å². The van der Waals surface area contributed by atoms with Crippen molar-refractivity contribution < 1.29 is 14.6 Å². The smallest absolute Gasteiger partial charge is 0.335 e. The largest absolute Gasteiger partial charge is 0.478 e. The molecular weight excluding hydrogens is 270 g/mol. The standard InChI is InChI=1S/C15H17N3O3/c1-10-8-13(18-15(17-10)16-6-7-21-2)11-4-3-5-12(9-11)14(19)20/h3-5,8-9H,6-7H2,1-2H3,(H,19,20)(H,16,17,18). The molecule has 110 valence electrons. The van der Waals surface area contributed by atoms with Crippen LogP contribution in [0.2, 0.25) is 0 Å². The number of aromatic carboxylic acids is 1. The van der Waals surface area contributed by atoms with Gasteiger partial charge in [0.05, 0.1) is 17.9 Å². The molecule has 0 bridgehead atoms. The lowest BCUT2D eigenvalue weighted by atomic mass is 10.1. The zero-order chi connectivity index (χ0) is 15.2. The van der Waals surface area contributed by atoms with E-state index in [0.717, 1.165) is 11.3 Å². The van der Waals surface area contributed by atoms with Crippen LogP contribution in [0.3, 0.4) is 0 Å². The fourth-order valence-corrected chi connectivity index (χ4v) is 1.87. The molecular formula is C15H17N3O3. The third kappa shape index (κ3) is 4.00. The lowest BCUT2D eigenvalue weighted by molar-refractivity contribution is 0.0697. The molecule has 0 unspecified atom stereocenters. The molecule has 0 atom stereocenters. The third-order valence-corrected chi connectivity index (χ3v) is 2.85. The Morgan fingerprint density at radius 3 is 2.86 bits per heavy atom. The fraction of sp³-hybridized carbons (Fsp3) is 0.267. The van der Waals surface area contributed by atoms with E-state index in [0.29, 0.717) is 24.8 Å². The number of ether oxygens (including phenoxy) is 1. The third-order valence-electron chi connectivity index (χ3n) is 2.85. The molecule has 0 spiro atoms. The van der Waals surface area contributed by atoms with Crippen LogP contribution in [0.25, 0.3) is 11.3 Å². The van der Waals surface area contributed by atoms with Gasteiger partial charge in [0.25, 0.3) is 0 Å². The average Bonchev–Trinajstić information content (AvgIpc) is 2.47. The molecule has 1 aromatic heterocycles. The summed E-state index contributed by atoms with van der Waals surface area (Å²) >= 11 is 0. The molecule has 0 aliphatic carbocycles. The molecule has 0 saturated heterocycles. The van der Waals surface area contributed by atoms with Crippen molar-refractivity contribution in [1.82, 2.24) is 9.97 Å². The Kier molecular flexibility index (Phi) is 4.84. The highest BCUT2D eigenvalue weighted by Crippen LogP contribution is 2.20. The highest BCUT2D eigenvalue weighted by atomic mass is 16.5. The number of carboxylic acids is 1. The van der Waals surface area contributed by atoms with E-state index < -0.39 is 5.97 Å². The Morgan fingerprint density at radius 2 is 2.14 bits per heavy atom. The van der Waals surface area contributed by atoms with Crippen molar-refractivity contribution in [3.8, 4) is 11.3 Å². The minimum Gasteiger partial charge on any atom is -0.478 e. The van der Waals surface area contributed by atoms with Crippen LogP contribution in [-0.2, 0) is 4.74 Å². The van der Waals surface area contributed by atoms with Crippen LogP contribution in [0.15, 0.2) is 30.3 Å². The zero-order valence-corrected chi connectivity index (χ0v) is 12.0. The number of hydrogen-bond donors (Lipinski definition) is 2. The maximum absolute atomic E-state index is 11.0. The van der Waals surface area contributed by atoms with E-state index in [4.69, 9.17) is 9.84 Å². The number of carboxylic acid groups (broad SMARTS) is 1. The van der Waals surface area contributed by atoms with Crippen molar-refractivity contribution in [2.24, 2.45) is 0 Å². The van der Waals surface area contributed by atoms with E-state index in [1.54, 1.807) is 25.3 Å². The summed E-state index contributed by atoms with van der Waals surface area (Å²) in [6.07, 6.45) is 0. The first-order chi connectivity index (χ1) is 10.1. The van der Waals surface area contributed by atoms with Gasteiger partial charge in [0.1, 0.15) is 0 Å². The SMILES string of the molecule is COCCNc1nc(C)cc(-c2cccc(C(=O)O)c2)n1. The van der Waals surface area contributed by atoms with Crippen molar-refractivity contribution in [3.05, 3.63) is 41.6 Å². The van der Waals surface area contributed by atoms with Crippen molar-refractivity contribution in [2.75, 3.05) is 25.6 Å². The van der Waals surface area contributed by atoms with Gasteiger partial charge in [-0.1, -0.05) is 12.1 Å². The lowest BCUT2D eigenvalue weighted by Crippen LogP contribution is -2.11. The Morgan fingerprint density at radius 1 is 1.33 bits per heavy atom. The Hall–Kier alpha value is -2.47. The van der Waals surface area contributed by atoms with E-state index in [1.807, 2.05) is 19.1 Å². The van der Waals surface area contributed by atoms with Gasteiger partial charge in [0.2, 0.25) is 5.95 Å². The number of benzene rings is 1. The normalized spacial score (nSPS) is 10.4. The van der Waals surface area contributed by atoms with Gasteiger partial charge < -0.3 is 15.2 Å². The summed E-state index contributed by atoms with van der Waals surface area (Å²) in [5.74, 6) is -0.455. The maximum atomic E-state index is 11.0. The van der Waals surface area contributed by atoms with Gasteiger partial charge in [-0.05, 0) is 25.1 Å². The van der Waals surface area contributed by atoms with Crippen LogP contribution in [-0.4, -0.2) is 41.3 Å². The van der Waals surface area contributed by atoms with Gasteiger partial charge in [-0.2, -0.15) is 0 Å². The number of nitrogens with one attached hydrogen (secondary N) is 1. The summed E-state index contributed by atoms with van der Waals surface area (Å²) in [6, 6.07) is 8.50. The van der Waals surface area contributed by atoms with Gasteiger partial charge in [-0.15, -0.1) is 0 Å². The van der Waals surface area contributed by atoms with Gasteiger partial charge >= 0.3 is 5.97 Å². The second-order valence-corrected chi connectivity index (χ2v) is 4.52. The van der Waals surface area contributed by atoms with E-state index >= 15 is 0 Å². The molecule has 2 rings (SSSR count). The highest BCUT2D eigenvalue weighted by Gasteiger charge is 2.08. The molecule has 6 nitrogen and oxygen atoms in total. The Balaban J connectivity index is 2.30. The molecule has 21 heavy (non-hydrogen) atoms. The van der Waals surface area contributed by atoms with Crippen molar-refractivity contribution in [2.45, 2.75) is 6.92 Å². The molecule has 0 aliphatic heterocycles. The van der Waals surface area contributed by atoms with Gasteiger partial charge in [-0.25, -0.2) is 14.8 Å². The number of hydrogen-bond acceptors (Lipinski definition) is 5. The molecule has 0 aliphatic rings. The average molecular weight is 287 g/mol. The summed E-state index contributed by atoms with van der Waals surface area (Å²) in [5.41, 5.74) is 2.47.